The lowest BCUT2D eigenvalue weighted by molar-refractivity contribution is 0.0679. The summed E-state index contributed by atoms with van der Waals surface area (Å²) in [4.78, 5) is 0.118. The van der Waals surface area contributed by atoms with E-state index in [9.17, 15) is 13.5 Å². The number of ether oxygens (including phenoxy) is 1. The number of nitrogens with one attached hydrogen (secondary N) is 1. The molecule has 0 bridgehead atoms. The average Bonchev–Trinajstić information content (AvgIpc) is 2.30. The molecule has 1 atom stereocenters. The Morgan fingerprint density at radius 1 is 1.50 bits per heavy atom. The number of hydrogen-bond acceptors (Lipinski definition) is 5. The van der Waals surface area contributed by atoms with E-state index in [0.29, 0.717) is 11.3 Å². The van der Waals surface area contributed by atoms with Crippen LogP contribution in [0.1, 0.15) is 5.56 Å². The molecule has 0 aliphatic rings. The van der Waals surface area contributed by atoms with Crippen molar-refractivity contribution in [1.82, 2.24) is 4.72 Å². The molecule has 1 unspecified atom stereocenters. The van der Waals surface area contributed by atoms with Gasteiger partial charge in [0.05, 0.1) is 17.6 Å². The molecule has 0 amide bonds. The van der Waals surface area contributed by atoms with Gasteiger partial charge in [-0.05, 0) is 24.6 Å². The summed E-state index contributed by atoms with van der Waals surface area (Å²) >= 11 is 0. The first-order chi connectivity index (χ1) is 8.38. The molecule has 102 valence electrons. The highest BCUT2D eigenvalue weighted by atomic mass is 32.2. The fourth-order valence-corrected chi connectivity index (χ4v) is 2.80. The van der Waals surface area contributed by atoms with Crippen molar-refractivity contribution in [3.63, 3.8) is 0 Å². The first-order valence-electron chi connectivity index (χ1n) is 5.40. The second-order valence-electron chi connectivity index (χ2n) is 3.93. The third kappa shape index (κ3) is 3.67. The lowest BCUT2D eigenvalue weighted by Gasteiger charge is -2.13. The SMILES string of the molecule is COCC(O)CNS(=O)(=O)c1cccc(N)c1C. The molecule has 0 heterocycles. The van der Waals surface area contributed by atoms with Crippen LogP contribution in [0.4, 0.5) is 5.69 Å². The van der Waals surface area contributed by atoms with Gasteiger partial charge in [0.25, 0.3) is 0 Å². The molecule has 0 radical (unpaired) electrons. The summed E-state index contributed by atoms with van der Waals surface area (Å²) in [6, 6.07) is 4.67. The number of hydrogen-bond donors (Lipinski definition) is 3. The molecule has 0 saturated carbocycles. The van der Waals surface area contributed by atoms with Crippen molar-refractivity contribution in [2.24, 2.45) is 0 Å². The molecule has 0 spiro atoms. The molecule has 0 aromatic heterocycles. The topological polar surface area (TPSA) is 102 Å². The van der Waals surface area contributed by atoms with E-state index in [2.05, 4.69) is 4.72 Å². The highest BCUT2D eigenvalue weighted by Gasteiger charge is 2.18. The summed E-state index contributed by atoms with van der Waals surface area (Å²) in [6.45, 7) is 1.60. The molecule has 0 fully saturated rings. The highest BCUT2D eigenvalue weighted by Crippen LogP contribution is 2.19. The van der Waals surface area contributed by atoms with Gasteiger partial charge in [-0.25, -0.2) is 13.1 Å². The van der Waals surface area contributed by atoms with Crippen LogP contribution in [0.3, 0.4) is 0 Å². The Morgan fingerprint density at radius 3 is 2.78 bits per heavy atom. The highest BCUT2D eigenvalue weighted by molar-refractivity contribution is 7.89. The van der Waals surface area contributed by atoms with Crippen molar-refractivity contribution in [2.75, 3.05) is 26.0 Å². The minimum Gasteiger partial charge on any atom is -0.398 e. The van der Waals surface area contributed by atoms with Crippen molar-refractivity contribution in [1.29, 1.82) is 0 Å². The van der Waals surface area contributed by atoms with Crippen LogP contribution in [0.15, 0.2) is 23.1 Å². The number of anilines is 1. The monoisotopic (exact) mass is 274 g/mol. The minimum absolute atomic E-state index is 0.0679. The zero-order chi connectivity index (χ0) is 13.8. The predicted octanol–water partition coefficient (Wildman–Crippen LogP) is -0.137. The lowest BCUT2D eigenvalue weighted by Crippen LogP contribution is -2.34. The molecule has 0 saturated heterocycles. The molecule has 18 heavy (non-hydrogen) atoms. The molecule has 4 N–H and O–H groups in total. The van der Waals surface area contributed by atoms with Crippen LogP contribution in [-0.4, -0.2) is 39.9 Å². The van der Waals surface area contributed by atoms with Crippen LogP contribution in [0, 0.1) is 6.92 Å². The van der Waals surface area contributed by atoms with Crippen LogP contribution in [0.5, 0.6) is 0 Å². The van der Waals surface area contributed by atoms with Crippen molar-refractivity contribution < 1.29 is 18.3 Å². The number of aliphatic hydroxyl groups is 1. The number of rotatable bonds is 6. The largest absolute Gasteiger partial charge is 0.398 e. The average molecular weight is 274 g/mol. The number of nitrogens with two attached hydrogens (primary N) is 1. The van der Waals surface area contributed by atoms with Crippen LogP contribution >= 0.6 is 0 Å². The van der Waals surface area contributed by atoms with Crippen molar-refractivity contribution >= 4 is 15.7 Å². The summed E-state index contributed by atoms with van der Waals surface area (Å²) in [5.41, 5.74) is 6.56. The van der Waals surface area contributed by atoms with E-state index in [0.717, 1.165) is 0 Å². The fraction of sp³-hybridized carbons (Fsp3) is 0.455. The quantitative estimate of drug-likeness (QED) is 0.627. The summed E-state index contributed by atoms with van der Waals surface area (Å²) in [6.07, 6.45) is -0.883. The van der Waals surface area contributed by atoms with Gasteiger partial charge in [-0.1, -0.05) is 6.07 Å². The van der Waals surface area contributed by atoms with E-state index in [1.54, 1.807) is 19.1 Å². The Labute approximate surface area is 107 Å². The molecule has 6 nitrogen and oxygen atoms in total. The Bertz CT molecular complexity index is 502. The molecule has 0 aliphatic heterocycles. The van der Waals surface area contributed by atoms with E-state index in [1.807, 2.05) is 0 Å². The molecule has 1 rings (SSSR count). The molecule has 1 aromatic rings. The number of sulfonamides is 1. The van der Waals surface area contributed by atoms with Crippen LogP contribution in [-0.2, 0) is 14.8 Å². The van der Waals surface area contributed by atoms with Crippen LogP contribution in [0.2, 0.25) is 0 Å². The van der Waals surface area contributed by atoms with E-state index in [4.69, 9.17) is 10.5 Å². The van der Waals surface area contributed by atoms with Gasteiger partial charge in [-0.3, -0.25) is 0 Å². The zero-order valence-electron chi connectivity index (χ0n) is 10.4. The summed E-state index contributed by atoms with van der Waals surface area (Å²) in [5, 5.41) is 9.41. The maximum absolute atomic E-state index is 12.0. The van der Waals surface area contributed by atoms with E-state index < -0.39 is 16.1 Å². The van der Waals surface area contributed by atoms with Crippen molar-refractivity contribution in [3.8, 4) is 0 Å². The van der Waals surface area contributed by atoms with Gasteiger partial charge in [0.15, 0.2) is 0 Å². The molecule has 7 heteroatoms. The van der Waals surface area contributed by atoms with Gasteiger partial charge in [0, 0.05) is 19.3 Å². The molecular weight excluding hydrogens is 256 g/mol. The third-order valence-electron chi connectivity index (χ3n) is 2.48. The van der Waals surface area contributed by atoms with Gasteiger partial charge >= 0.3 is 0 Å². The maximum atomic E-state index is 12.0. The van der Waals surface area contributed by atoms with E-state index in [-0.39, 0.29) is 18.0 Å². The first kappa shape index (κ1) is 14.9. The standard InChI is InChI=1S/C11H18N2O4S/c1-8-10(12)4-3-5-11(8)18(15,16)13-6-9(14)7-17-2/h3-5,9,13-14H,6-7,12H2,1-2H3. The van der Waals surface area contributed by atoms with Gasteiger partial charge in [0.1, 0.15) is 0 Å². The lowest BCUT2D eigenvalue weighted by atomic mass is 10.2. The number of aliphatic hydroxyl groups excluding tert-OH is 1. The van der Waals surface area contributed by atoms with Gasteiger partial charge in [0.2, 0.25) is 10.0 Å². The Balaban J connectivity index is 2.84. The maximum Gasteiger partial charge on any atom is 0.240 e. The second kappa shape index (κ2) is 6.14. The summed E-state index contributed by atoms with van der Waals surface area (Å²) in [7, 11) is -2.24. The molecular formula is C11H18N2O4S. The van der Waals surface area contributed by atoms with Gasteiger partial charge in [-0.15, -0.1) is 0 Å². The normalized spacial score (nSPS) is 13.5. The van der Waals surface area contributed by atoms with Crippen LogP contribution in [0.25, 0.3) is 0 Å². The van der Waals surface area contributed by atoms with Crippen molar-refractivity contribution in [2.45, 2.75) is 17.9 Å². The summed E-state index contributed by atoms with van der Waals surface area (Å²) in [5.74, 6) is 0. The van der Waals surface area contributed by atoms with E-state index >= 15 is 0 Å². The van der Waals surface area contributed by atoms with Gasteiger partial charge in [-0.2, -0.15) is 0 Å². The zero-order valence-corrected chi connectivity index (χ0v) is 11.2. The minimum atomic E-state index is -3.67. The first-order valence-corrected chi connectivity index (χ1v) is 6.88. The Hall–Kier alpha value is -1.15. The predicted molar refractivity (Wildman–Crippen MR) is 68.7 cm³/mol. The van der Waals surface area contributed by atoms with Crippen molar-refractivity contribution in [3.05, 3.63) is 23.8 Å². The third-order valence-corrected chi connectivity index (χ3v) is 4.05. The number of methoxy groups -OCH3 is 1. The second-order valence-corrected chi connectivity index (χ2v) is 5.67. The number of nitrogen functional groups attached to an aromatic ring is 1. The van der Waals surface area contributed by atoms with E-state index in [1.165, 1.54) is 13.2 Å². The summed E-state index contributed by atoms with van der Waals surface area (Å²) < 4.78 is 31.0. The van der Waals surface area contributed by atoms with Crippen LogP contribution < -0.4 is 10.5 Å². The smallest absolute Gasteiger partial charge is 0.240 e. The Morgan fingerprint density at radius 2 is 2.17 bits per heavy atom. The fourth-order valence-electron chi connectivity index (χ4n) is 1.46. The van der Waals surface area contributed by atoms with Gasteiger partial charge < -0.3 is 15.6 Å². The number of benzene rings is 1. The Kier molecular flexibility index (Phi) is 5.09. The molecule has 0 aliphatic carbocycles. The molecule has 1 aromatic carbocycles.